The maximum absolute atomic E-state index is 10.9. The van der Waals surface area contributed by atoms with Crippen molar-refractivity contribution in [2.45, 2.75) is 13.8 Å². The molecule has 35 heavy (non-hydrogen) atoms. The molecule has 1 amide bonds. The number of amides is 1. The molecule has 0 aliphatic heterocycles. The molecule has 4 rings (SSSR count). The summed E-state index contributed by atoms with van der Waals surface area (Å²) in [6, 6.07) is 9.16. The summed E-state index contributed by atoms with van der Waals surface area (Å²) in [6.07, 6.45) is 4.10. The number of nitrogens with zero attached hydrogens (tertiary/aromatic N) is 2. The molecular formula is C25H24Cl2N4O3S. The van der Waals surface area contributed by atoms with Gasteiger partial charge in [0, 0.05) is 28.1 Å². The van der Waals surface area contributed by atoms with Crippen molar-refractivity contribution in [2.75, 3.05) is 24.9 Å². The first-order valence-electron chi connectivity index (χ1n) is 10.4. The Balaban J connectivity index is 0.00000108. The molecule has 2 heterocycles. The molecule has 0 atom stereocenters. The molecule has 0 spiro atoms. The van der Waals surface area contributed by atoms with E-state index in [1.165, 1.54) is 25.6 Å². The normalized spacial score (nSPS) is 10.2. The summed E-state index contributed by atoms with van der Waals surface area (Å²) in [5, 5.41) is 7.49. The molecule has 182 valence electrons. The first kappa shape index (κ1) is 26.3. The number of carbonyl (C=O) groups excluding carboxylic acids is 1. The van der Waals surface area contributed by atoms with Crippen LogP contribution in [0.4, 0.5) is 17.3 Å². The van der Waals surface area contributed by atoms with Gasteiger partial charge in [-0.15, -0.1) is 17.9 Å². The number of ether oxygens (including phenoxy) is 2. The van der Waals surface area contributed by atoms with E-state index in [0.717, 1.165) is 26.3 Å². The molecule has 7 nitrogen and oxygen atoms in total. The molecule has 0 unspecified atom stereocenters. The lowest BCUT2D eigenvalue weighted by Gasteiger charge is -2.13. The Kier molecular flexibility index (Phi) is 8.92. The highest BCUT2D eigenvalue weighted by Crippen LogP contribution is 2.48. The van der Waals surface area contributed by atoms with E-state index < -0.39 is 0 Å². The third kappa shape index (κ3) is 5.67. The van der Waals surface area contributed by atoms with Gasteiger partial charge in [0.05, 0.1) is 35.6 Å². The number of benzene rings is 2. The molecule has 0 aliphatic rings. The van der Waals surface area contributed by atoms with Crippen LogP contribution in [0.5, 0.6) is 11.5 Å². The highest BCUT2D eigenvalue weighted by molar-refractivity contribution is 7.22. The van der Waals surface area contributed by atoms with Crippen molar-refractivity contribution in [2.24, 2.45) is 0 Å². The van der Waals surface area contributed by atoms with Gasteiger partial charge in [0.1, 0.15) is 16.3 Å². The van der Waals surface area contributed by atoms with Crippen LogP contribution in [-0.2, 0) is 4.79 Å². The number of hydrogen-bond donors (Lipinski definition) is 2. The fraction of sp³-hybridized carbons (Fsp3) is 0.160. The molecule has 2 N–H and O–H groups in total. The molecule has 0 bridgehead atoms. The van der Waals surface area contributed by atoms with Crippen molar-refractivity contribution in [3.63, 3.8) is 0 Å². The SMILES string of the molecule is C=CC.COc1cc(OC)c(Cl)c(-c2cc3cnc(Nc4c(C)cccc4NC=O)nc3s2)c1Cl. The summed E-state index contributed by atoms with van der Waals surface area (Å²) in [7, 11) is 3.07. The maximum atomic E-state index is 10.9. The van der Waals surface area contributed by atoms with Crippen LogP contribution in [0.3, 0.4) is 0 Å². The number of halogens is 2. The van der Waals surface area contributed by atoms with Gasteiger partial charge in [-0.2, -0.15) is 0 Å². The van der Waals surface area contributed by atoms with Crippen molar-refractivity contribution in [1.82, 2.24) is 9.97 Å². The van der Waals surface area contributed by atoms with Crippen LogP contribution in [0.1, 0.15) is 12.5 Å². The molecule has 0 aliphatic carbocycles. The third-order valence-electron chi connectivity index (χ3n) is 4.82. The molecule has 2 aromatic heterocycles. The summed E-state index contributed by atoms with van der Waals surface area (Å²) >= 11 is 14.6. The second-order valence-electron chi connectivity index (χ2n) is 7.14. The minimum absolute atomic E-state index is 0.389. The highest BCUT2D eigenvalue weighted by Gasteiger charge is 2.21. The number of carbonyl (C=O) groups is 1. The number of nitrogens with one attached hydrogen (secondary N) is 2. The van der Waals surface area contributed by atoms with Crippen molar-refractivity contribution in [1.29, 1.82) is 0 Å². The van der Waals surface area contributed by atoms with Crippen LogP contribution < -0.4 is 20.1 Å². The van der Waals surface area contributed by atoms with Crippen LogP contribution in [0, 0.1) is 6.92 Å². The highest BCUT2D eigenvalue weighted by atomic mass is 35.5. The number of methoxy groups -OCH3 is 2. The van der Waals surface area contributed by atoms with Gasteiger partial charge in [-0.3, -0.25) is 4.79 Å². The Morgan fingerprint density at radius 3 is 2.37 bits per heavy atom. The molecule has 2 aromatic carbocycles. The third-order valence-corrected chi connectivity index (χ3v) is 6.63. The number of hydrogen-bond acceptors (Lipinski definition) is 7. The second-order valence-corrected chi connectivity index (χ2v) is 8.93. The van der Waals surface area contributed by atoms with E-state index in [9.17, 15) is 4.79 Å². The molecule has 10 heteroatoms. The summed E-state index contributed by atoms with van der Waals surface area (Å²) in [5.41, 5.74) is 2.91. The fourth-order valence-corrected chi connectivity index (χ4v) is 5.12. The van der Waals surface area contributed by atoms with Crippen LogP contribution in [-0.4, -0.2) is 30.6 Å². The molecular weight excluding hydrogens is 507 g/mol. The minimum Gasteiger partial charge on any atom is -0.495 e. The van der Waals surface area contributed by atoms with Crippen molar-refractivity contribution in [3.8, 4) is 21.9 Å². The van der Waals surface area contributed by atoms with Gasteiger partial charge in [-0.25, -0.2) is 9.97 Å². The number of fused-ring (bicyclic) bond motifs is 1. The van der Waals surface area contributed by atoms with Crippen LogP contribution in [0.15, 0.2) is 49.2 Å². The van der Waals surface area contributed by atoms with E-state index in [2.05, 4.69) is 27.2 Å². The summed E-state index contributed by atoms with van der Waals surface area (Å²) in [4.78, 5) is 21.5. The standard InChI is InChI=1S/C22H18Cl2N4O3S.C3H6/c1-11-5-4-6-13(26-10-29)20(11)27-22-25-9-12-7-16(32-21(12)28-22)17-18(23)14(30-2)8-15(31-3)19(17)24;1-3-2/h4-10H,1-3H3,(H,26,29)(H,25,27,28);3H,1H2,2H3. The van der Waals surface area contributed by atoms with Crippen molar-refractivity contribution in [3.05, 3.63) is 64.8 Å². The molecule has 4 aromatic rings. The Hall–Kier alpha value is -3.33. The fourth-order valence-electron chi connectivity index (χ4n) is 3.25. The lowest BCUT2D eigenvalue weighted by atomic mass is 10.1. The van der Waals surface area contributed by atoms with Crippen molar-refractivity contribution < 1.29 is 14.3 Å². The molecule has 0 fully saturated rings. The molecule has 0 radical (unpaired) electrons. The Labute approximate surface area is 217 Å². The Morgan fingerprint density at radius 2 is 1.77 bits per heavy atom. The van der Waals surface area contributed by atoms with E-state index in [1.54, 1.807) is 24.4 Å². The minimum atomic E-state index is 0.389. The number of rotatable bonds is 7. The number of anilines is 3. The van der Waals surface area contributed by atoms with Crippen LogP contribution in [0.2, 0.25) is 10.0 Å². The van der Waals surface area contributed by atoms with Gasteiger partial charge in [0.25, 0.3) is 0 Å². The quantitative estimate of drug-likeness (QED) is 0.190. The number of allylic oxidation sites excluding steroid dienone is 1. The van der Waals surface area contributed by atoms with Gasteiger partial charge < -0.3 is 20.1 Å². The predicted molar refractivity (Wildman–Crippen MR) is 146 cm³/mol. The smallest absolute Gasteiger partial charge is 0.228 e. The van der Waals surface area contributed by atoms with Gasteiger partial charge in [-0.05, 0) is 31.5 Å². The number of para-hydroxylation sites is 1. The van der Waals surface area contributed by atoms with Gasteiger partial charge in [0.2, 0.25) is 12.4 Å². The lowest BCUT2D eigenvalue weighted by molar-refractivity contribution is -0.105. The zero-order valence-electron chi connectivity index (χ0n) is 19.6. The zero-order chi connectivity index (χ0) is 25.5. The van der Waals surface area contributed by atoms with Gasteiger partial charge in [-0.1, -0.05) is 41.4 Å². The largest absolute Gasteiger partial charge is 0.495 e. The lowest BCUT2D eigenvalue weighted by Crippen LogP contribution is -2.03. The summed E-state index contributed by atoms with van der Waals surface area (Å²) in [5.74, 6) is 1.32. The summed E-state index contributed by atoms with van der Waals surface area (Å²) < 4.78 is 10.7. The van der Waals surface area contributed by atoms with E-state index in [4.69, 9.17) is 32.7 Å². The topological polar surface area (TPSA) is 85.4 Å². The molecule has 0 saturated carbocycles. The van der Waals surface area contributed by atoms with E-state index >= 15 is 0 Å². The first-order valence-corrected chi connectivity index (χ1v) is 12.0. The number of aromatic nitrogens is 2. The monoisotopic (exact) mass is 530 g/mol. The van der Waals surface area contributed by atoms with Crippen LogP contribution in [0.25, 0.3) is 20.7 Å². The second kappa shape index (κ2) is 11.9. The maximum Gasteiger partial charge on any atom is 0.228 e. The Morgan fingerprint density at radius 1 is 1.11 bits per heavy atom. The zero-order valence-corrected chi connectivity index (χ0v) is 21.9. The Bertz CT molecular complexity index is 1350. The van der Waals surface area contributed by atoms with E-state index in [0.29, 0.717) is 45.2 Å². The van der Waals surface area contributed by atoms with Gasteiger partial charge in [0.15, 0.2) is 0 Å². The van der Waals surface area contributed by atoms with Gasteiger partial charge >= 0.3 is 0 Å². The predicted octanol–water partition coefficient (Wildman–Crippen LogP) is 7.49. The van der Waals surface area contributed by atoms with Crippen molar-refractivity contribution >= 4 is 68.5 Å². The van der Waals surface area contributed by atoms with Crippen LogP contribution >= 0.6 is 34.5 Å². The average molecular weight is 531 g/mol. The summed E-state index contributed by atoms with van der Waals surface area (Å²) in [6.45, 7) is 7.18. The number of aryl methyl sites for hydroxylation is 1. The van der Waals surface area contributed by atoms with E-state index in [1.807, 2.05) is 32.0 Å². The number of thiophene rings is 1. The van der Waals surface area contributed by atoms with E-state index in [-0.39, 0.29) is 0 Å². The average Bonchev–Trinajstić information content (AvgIpc) is 3.25. The first-order chi connectivity index (χ1) is 16.9. The molecule has 0 saturated heterocycles.